The van der Waals surface area contributed by atoms with E-state index in [1.54, 1.807) is 0 Å². The second-order valence-corrected chi connectivity index (χ2v) is 12.4. The van der Waals surface area contributed by atoms with Gasteiger partial charge in [0.2, 0.25) is 0 Å². The van der Waals surface area contributed by atoms with Gasteiger partial charge in [0, 0.05) is 22.1 Å². The molecule has 0 unspecified atom stereocenters. The van der Waals surface area contributed by atoms with Crippen LogP contribution in [0.5, 0.6) is 0 Å². The topological polar surface area (TPSA) is 57.4 Å². The summed E-state index contributed by atoms with van der Waals surface area (Å²) in [5, 5.41) is 0. The zero-order valence-corrected chi connectivity index (χ0v) is 29.2. The molecule has 238 valence electrons. The van der Waals surface area contributed by atoms with E-state index < -0.39 is 0 Å². The molecule has 4 heteroatoms. The molecular formula is C42H50N4. The number of H-pyrrole nitrogens is 2. The van der Waals surface area contributed by atoms with Gasteiger partial charge in [-0.05, 0) is 120 Å². The van der Waals surface area contributed by atoms with Gasteiger partial charge >= 0.3 is 0 Å². The summed E-state index contributed by atoms with van der Waals surface area (Å²) >= 11 is 0. The maximum absolute atomic E-state index is 5.56. The Balaban J connectivity index is 1.93. The molecule has 2 N–H and O–H groups in total. The summed E-state index contributed by atoms with van der Waals surface area (Å²) in [6.45, 7) is 18.2. The predicted octanol–water partition coefficient (Wildman–Crippen LogP) is 11.7. The van der Waals surface area contributed by atoms with E-state index in [1.165, 1.54) is 77.7 Å². The van der Waals surface area contributed by atoms with Gasteiger partial charge < -0.3 is 9.97 Å². The molecule has 0 saturated heterocycles. The van der Waals surface area contributed by atoms with E-state index in [-0.39, 0.29) is 0 Å². The summed E-state index contributed by atoms with van der Waals surface area (Å²) in [6, 6.07) is 17.9. The van der Waals surface area contributed by atoms with Crippen LogP contribution in [0.15, 0.2) is 48.5 Å². The molecule has 8 bridgehead atoms. The predicted molar refractivity (Wildman–Crippen MR) is 199 cm³/mol. The first kappa shape index (κ1) is 31.8. The molecule has 46 heavy (non-hydrogen) atoms. The van der Waals surface area contributed by atoms with Crippen LogP contribution in [0.3, 0.4) is 0 Å². The molecule has 0 amide bonds. The fraction of sp³-hybridized carbons (Fsp3) is 0.381. The van der Waals surface area contributed by atoms with E-state index >= 15 is 0 Å². The highest BCUT2D eigenvalue weighted by Crippen LogP contribution is 2.43. The molecule has 0 atom stereocenters. The number of fused-ring (bicyclic) bond motifs is 8. The molecule has 5 heterocycles. The van der Waals surface area contributed by atoms with Gasteiger partial charge in [0.25, 0.3) is 0 Å². The molecule has 2 aliphatic rings. The van der Waals surface area contributed by atoms with Gasteiger partial charge in [-0.2, -0.15) is 0 Å². The largest absolute Gasteiger partial charge is 0.355 e. The van der Waals surface area contributed by atoms with Crippen LogP contribution in [-0.2, 0) is 25.7 Å². The first-order valence-electron chi connectivity index (χ1n) is 17.8. The average Bonchev–Trinajstić information content (AvgIpc) is 3.80. The maximum Gasteiger partial charge on any atom is 0.0771 e. The smallest absolute Gasteiger partial charge is 0.0771 e. The molecule has 0 spiro atoms. The summed E-state index contributed by atoms with van der Waals surface area (Å²) in [5.74, 6) is 0. The van der Waals surface area contributed by atoms with Gasteiger partial charge in [0.15, 0.2) is 0 Å². The summed E-state index contributed by atoms with van der Waals surface area (Å²) in [6.07, 6.45) is 7.62. The van der Waals surface area contributed by atoms with Gasteiger partial charge in [0.05, 0.1) is 28.3 Å². The number of rotatable bonds is 9. The number of allylic oxidation sites excluding steroid dienone is 4. The Morgan fingerprint density at radius 1 is 0.457 bits per heavy atom. The summed E-state index contributed by atoms with van der Waals surface area (Å²) in [7, 11) is 0. The van der Waals surface area contributed by atoms with E-state index in [0.29, 0.717) is 0 Å². The Kier molecular flexibility index (Phi) is 9.18. The number of nitrogens with one attached hydrogen (secondary N) is 2. The van der Waals surface area contributed by atoms with Gasteiger partial charge in [-0.25, -0.2) is 9.97 Å². The number of aromatic nitrogens is 4. The molecule has 0 fully saturated rings. The number of hydrogen-bond acceptors (Lipinski definition) is 2. The van der Waals surface area contributed by atoms with E-state index in [2.05, 4.69) is 114 Å². The quantitative estimate of drug-likeness (QED) is 0.198. The SMILES string of the molecule is CCC1=C(CC)c2cc3[nH]c(cc4[nH]c(c(CC)c4CC)c(-c4ccccc4)c4nc(cc1n2)C(CC)=C4CC)c(CC)c3CC. The minimum atomic E-state index is 0.927. The lowest BCUT2D eigenvalue weighted by Crippen LogP contribution is -1.92. The molecular weight excluding hydrogens is 560 g/mol. The van der Waals surface area contributed by atoms with Crippen molar-refractivity contribution in [2.24, 2.45) is 0 Å². The number of benzene rings is 1. The molecule has 4 nitrogen and oxygen atoms in total. The van der Waals surface area contributed by atoms with Gasteiger partial charge in [0.1, 0.15) is 0 Å². The van der Waals surface area contributed by atoms with Crippen molar-refractivity contribution in [3.8, 4) is 11.1 Å². The standard InChI is InChI=1S/C42H50N4/c1-9-26-28(11-3)36-23-38-30(13-5)32(15-7)41(45-38)40(25-20-18-17-19-21-25)42-33(16-8)31(14-6)39(46-42)24-37-29(12-4)27(10-2)35(44-37)22-34(26)43-36/h17-24,43,45H,9-16H2,1-8H3. The Morgan fingerprint density at radius 3 is 1.50 bits per heavy atom. The lowest BCUT2D eigenvalue weighted by molar-refractivity contribution is 1.07. The third kappa shape index (κ3) is 5.16. The average molecular weight is 611 g/mol. The number of nitrogens with zero attached hydrogens (tertiary/aromatic N) is 2. The molecule has 4 aromatic rings. The van der Waals surface area contributed by atoms with Crippen LogP contribution >= 0.6 is 0 Å². The lowest BCUT2D eigenvalue weighted by atomic mass is 9.93. The molecule has 2 aliphatic heterocycles. The molecule has 1 aromatic carbocycles. The summed E-state index contributed by atoms with van der Waals surface area (Å²) in [5.41, 5.74) is 22.5. The van der Waals surface area contributed by atoms with E-state index in [0.717, 1.165) is 74.1 Å². The summed E-state index contributed by atoms with van der Waals surface area (Å²) in [4.78, 5) is 18.8. The highest BCUT2D eigenvalue weighted by Gasteiger charge is 2.26. The maximum atomic E-state index is 5.56. The van der Waals surface area contributed by atoms with Crippen molar-refractivity contribution < 1.29 is 0 Å². The molecule has 0 radical (unpaired) electrons. The normalized spacial score (nSPS) is 13.3. The van der Waals surface area contributed by atoms with Crippen molar-refractivity contribution in [2.45, 2.75) is 107 Å². The monoisotopic (exact) mass is 610 g/mol. The number of aryl methyl sites for hydroxylation is 4. The van der Waals surface area contributed by atoms with Crippen molar-refractivity contribution in [1.29, 1.82) is 0 Å². The Labute approximate surface area is 275 Å². The number of hydrogen-bond donors (Lipinski definition) is 2. The summed E-state index contributed by atoms with van der Waals surface area (Å²) < 4.78 is 0. The number of aromatic amines is 2. The minimum absolute atomic E-state index is 0.927. The van der Waals surface area contributed by atoms with Crippen molar-refractivity contribution in [1.82, 2.24) is 19.9 Å². The zero-order valence-electron chi connectivity index (χ0n) is 29.2. The van der Waals surface area contributed by atoms with Crippen LogP contribution in [-0.4, -0.2) is 19.9 Å². The fourth-order valence-electron chi connectivity index (χ4n) is 8.08. The molecule has 0 saturated carbocycles. The van der Waals surface area contributed by atoms with Gasteiger partial charge in [-0.15, -0.1) is 0 Å². The highest BCUT2D eigenvalue weighted by atomic mass is 14.8. The fourth-order valence-corrected chi connectivity index (χ4v) is 8.08. The Hall–Kier alpha value is -4.18. The second-order valence-electron chi connectivity index (χ2n) is 12.4. The van der Waals surface area contributed by atoms with E-state index in [4.69, 9.17) is 9.97 Å². The Bertz CT molecular complexity index is 2010. The highest BCUT2D eigenvalue weighted by molar-refractivity contribution is 6.02. The van der Waals surface area contributed by atoms with E-state index in [1.807, 2.05) is 0 Å². The first-order chi connectivity index (χ1) is 22.5. The van der Waals surface area contributed by atoms with Crippen LogP contribution in [0.2, 0.25) is 0 Å². The van der Waals surface area contributed by atoms with Crippen LogP contribution < -0.4 is 0 Å². The molecule has 0 aliphatic carbocycles. The van der Waals surface area contributed by atoms with Gasteiger partial charge in [-0.3, -0.25) is 0 Å². The lowest BCUT2D eigenvalue weighted by Gasteiger charge is -2.10. The Morgan fingerprint density at radius 2 is 0.935 bits per heavy atom. The van der Waals surface area contributed by atoms with Crippen molar-refractivity contribution in [2.75, 3.05) is 0 Å². The third-order valence-electron chi connectivity index (χ3n) is 10.2. The minimum Gasteiger partial charge on any atom is -0.355 e. The molecule has 6 rings (SSSR count). The van der Waals surface area contributed by atoms with Crippen LogP contribution in [0.25, 0.3) is 55.5 Å². The van der Waals surface area contributed by atoms with Crippen molar-refractivity contribution in [3.05, 3.63) is 93.6 Å². The van der Waals surface area contributed by atoms with Crippen LogP contribution in [0.1, 0.15) is 126 Å². The zero-order chi connectivity index (χ0) is 32.5. The third-order valence-corrected chi connectivity index (χ3v) is 10.2. The molecule has 3 aromatic heterocycles. The first-order valence-corrected chi connectivity index (χ1v) is 17.8. The van der Waals surface area contributed by atoms with E-state index in [9.17, 15) is 0 Å². The second kappa shape index (κ2) is 13.3. The van der Waals surface area contributed by atoms with Crippen LogP contribution in [0, 0.1) is 0 Å². The van der Waals surface area contributed by atoms with Crippen LogP contribution in [0.4, 0.5) is 0 Å². The van der Waals surface area contributed by atoms with Gasteiger partial charge in [-0.1, -0.05) is 85.7 Å². The van der Waals surface area contributed by atoms with Crippen molar-refractivity contribution in [3.63, 3.8) is 0 Å². The van der Waals surface area contributed by atoms with Crippen molar-refractivity contribution >= 4 is 44.4 Å².